The van der Waals surface area contributed by atoms with Crippen LogP contribution in [0.15, 0.2) is 150 Å². The Kier molecular flexibility index (Phi) is 5.12. The summed E-state index contributed by atoms with van der Waals surface area (Å²) in [6, 6.07) is 53.4. The van der Waals surface area contributed by atoms with Crippen LogP contribution in [-0.2, 0) is 5.41 Å². The van der Waals surface area contributed by atoms with Gasteiger partial charge in [0.1, 0.15) is 11.2 Å². The minimum Gasteiger partial charge on any atom is -0.456 e. The zero-order valence-corrected chi connectivity index (χ0v) is 25.8. The van der Waals surface area contributed by atoms with Crippen LogP contribution in [0.4, 0.5) is 0 Å². The lowest BCUT2D eigenvalue weighted by atomic mass is 9.76. The van der Waals surface area contributed by atoms with E-state index in [9.17, 15) is 0 Å². The molecule has 1 aliphatic rings. The van der Waals surface area contributed by atoms with Gasteiger partial charge in [-0.3, -0.25) is 0 Å². The van der Waals surface area contributed by atoms with Gasteiger partial charge in [0, 0.05) is 16.2 Å². The zero-order valence-electron chi connectivity index (χ0n) is 25.8. The molecule has 0 radical (unpaired) electrons. The first-order valence-electron chi connectivity index (χ1n) is 16.1. The molecule has 0 N–H and O–H groups in total. The fraction of sp³-hybridized carbons (Fsp3) is 0.0667. The van der Waals surface area contributed by atoms with Crippen molar-refractivity contribution in [2.45, 2.75) is 19.3 Å². The van der Waals surface area contributed by atoms with Gasteiger partial charge >= 0.3 is 0 Å². The maximum atomic E-state index is 6.36. The van der Waals surface area contributed by atoms with E-state index in [0.29, 0.717) is 0 Å². The van der Waals surface area contributed by atoms with Crippen molar-refractivity contribution in [3.8, 4) is 33.4 Å². The molecule has 216 valence electrons. The summed E-state index contributed by atoms with van der Waals surface area (Å²) in [6.07, 6.45) is 0. The molecule has 0 saturated carbocycles. The Labute approximate surface area is 267 Å². The molecule has 0 atom stereocenters. The molecule has 0 amide bonds. The minimum atomic E-state index is -0.159. The largest absolute Gasteiger partial charge is 0.456 e. The Morgan fingerprint density at radius 3 is 1.61 bits per heavy atom. The number of hydrogen-bond acceptors (Lipinski definition) is 1. The molecule has 1 aromatic heterocycles. The Morgan fingerprint density at radius 2 is 0.913 bits per heavy atom. The third kappa shape index (κ3) is 3.35. The highest BCUT2D eigenvalue weighted by molar-refractivity contribution is 6.26. The standard InChI is InChI=1S/C45H30O/c1-45(2)38-26-28-14-4-3-13-27(28)25-37(38)33-20-11-22-36(44(33)45)42-31-17-7-5-15-29(31)41(30-16-6-8-18-32(30)42)35-21-12-24-40-43(35)34-19-9-10-23-39(34)46-40/h3-26H,1-2H3. The average Bonchev–Trinajstić information content (AvgIpc) is 3.58. The second-order valence-corrected chi connectivity index (χ2v) is 13.2. The molecule has 0 aliphatic heterocycles. The molecule has 0 fully saturated rings. The van der Waals surface area contributed by atoms with Gasteiger partial charge in [-0.15, -0.1) is 0 Å². The molecule has 46 heavy (non-hydrogen) atoms. The molecule has 1 aliphatic carbocycles. The van der Waals surface area contributed by atoms with Crippen LogP contribution in [0.3, 0.4) is 0 Å². The average molecular weight is 587 g/mol. The molecular formula is C45H30O. The number of fused-ring (bicyclic) bond motifs is 9. The van der Waals surface area contributed by atoms with Crippen molar-refractivity contribution in [1.82, 2.24) is 0 Å². The predicted octanol–water partition coefficient (Wildman–Crippen LogP) is 12.7. The Balaban J connectivity index is 1.33. The fourth-order valence-corrected chi connectivity index (χ4v) is 8.47. The van der Waals surface area contributed by atoms with Crippen molar-refractivity contribution < 1.29 is 4.42 Å². The van der Waals surface area contributed by atoms with Crippen molar-refractivity contribution in [2.24, 2.45) is 0 Å². The molecular weight excluding hydrogens is 556 g/mol. The maximum absolute atomic E-state index is 6.36. The number of hydrogen-bond donors (Lipinski definition) is 0. The smallest absolute Gasteiger partial charge is 0.136 e. The molecule has 10 rings (SSSR count). The van der Waals surface area contributed by atoms with E-state index in [0.717, 1.165) is 16.6 Å². The monoisotopic (exact) mass is 586 g/mol. The van der Waals surface area contributed by atoms with Crippen LogP contribution < -0.4 is 0 Å². The molecule has 1 heteroatoms. The topological polar surface area (TPSA) is 13.1 Å². The van der Waals surface area contributed by atoms with Crippen molar-refractivity contribution in [3.63, 3.8) is 0 Å². The third-order valence-corrected chi connectivity index (χ3v) is 10.4. The second kappa shape index (κ2) is 9.19. The van der Waals surface area contributed by atoms with E-state index in [2.05, 4.69) is 153 Å². The van der Waals surface area contributed by atoms with E-state index in [1.807, 2.05) is 6.07 Å². The first-order chi connectivity index (χ1) is 22.6. The molecule has 9 aromatic rings. The summed E-state index contributed by atoms with van der Waals surface area (Å²) in [6.45, 7) is 4.80. The summed E-state index contributed by atoms with van der Waals surface area (Å²) in [5, 5.41) is 9.96. The summed E-state index contributed by atoms with van der Waals surface area (Å²) in [5.74, 6) is 0. The van der Waals surface area contributed by atoms with Crippen molar-refractivity contribution in [2.75, 3.05) is 0 Å². The first-order valence-corrected chi connectivity index (χ1v) is 16.1. The molecule has 0 bridgehead atoms. The highest BCUT2D eigenvalue weighted by atomic mass is 16.3. The van der Waals surface area contributed by atoms with E-state index >= 15 is 0 Å². The third-order valence-electron chi connectivity index (χ3n) is 10.4. The van der Waals surface area contributed by atoms with Gasteiger partial charge in [0.25, 0.3) is 0 Å². The molecule has 8 aromatic carbocycles. The van der Waals surface area contributed by atoms with Crippen LogP contribution in [0.2, 0.25) is 0 Å². The summed E-state index contributed by atoms with van der Waals surface area (Å²) in [7, 11) is 0. The molecule has 0 spiro atoms. The fourth-order valence-electron chi connectivity index (χ4n) is 8.47. The quantitative estimate of drug-likeness (QED) is 0.184. The van der Waals surface area contributed by atoms with Crippen LogP contribution in [0.1, 0.15) is 25.0 Å². The number of rotatable bonds is 2. The van der Waals surface area contributed by atoms with Crippen LogP contribution in [0.25, 0.3) is 87.6 Å². The van der Waals surface area contributed by atoms with Crippen molar-refractivity contribution >= 4 is 54.3 Å². The van der Waals surface area contributed by atoms with Gasteiger partial charge in [-0.05, 0) is 101 Å². The van der Waals surface area contributed by atoms with Gasteiger partial charge < -0.3 is 4.42 Å². The zero-order chi connectivity index (χ0) is 30.6. The lowest BCUT2D eigenvalue weighted by Gasteiger charge is -2.26. The molecule has 0 saturated heterocycles. The normalized spacial score (nSPS) is 13.6. The number of benzene rings is 8. The van der Waals surface area contributed by atoms with Gasteiger partial charge in [0.05, 0.1) is 0 Å². The van der Waals surface area contributed by atoms with E-state index in [1.165, 1.54) is 82.2 Å². The molecule has 0 unspecified atom stereocenters. The number of furan rings is 1. The first kappa shape index (κ1) is 25.6. The van der Waals surface area contributed by atoms with Crippen LogP contribution in [0.5, 0.6) is 0 Å². The minimum absolute atomic E-state index is 0.159. The van der Waals surface area contributed by atoms with Crippen LogP contribution in [-0.4, -0.2) is 0 Å². The van der Waals surface area contributed by atoms with E-state index in [-0.39, 0.29) is 5.41 Å². The summed E-state index contributed by atoms with van der Waals surface area (Å²) in [5.41, 5.74) is 12.3. The van der Waals surface area contributed by atoms with E-state index < -0.39 is 0 Å². The van der Waals surface area contributed by atoms with Crippen molar-refractivity contribution in [1.29, 1.82) is 0 Å². The van der Waals surface area contributed by atoms with Gasteiger partial charge in [0.2, 0.25) is 0 Å². The lowest BCUT2D eigenvalue weighted by molar-refractivity contribution is 0.663. The maximum Gasteiger partial charge on any atom is 0.136 e. The SMILES string of the molecule is CC1(C)c2cc3ccccc3cc2-c2cccc(-c3c4ccccc4c(-c4cccc5oc6ccccc6c45)c4ccccc34)c21. The highest BCUT2D eigenvalue weighted by Gasteiger charge is 2.38. The summed E-state index contributed by atoms with van der Waals surface area (Å²) in [4.78, 5) is 0. The Hall–Kier alpha value is -5.66. The van der Waals surface area contributed by atoms with Crippen molar-refractivity contribution in [3.05, 3.63) is 157 Å². The second-order valence-electron chi connectivity index (χ2n) is 13.2. The van der Waals surface area contributed by atoms with Gasteiger partial charge in [-0.1, -0.05) is 135 Å². The van der Waals surface area contributed by atoms with Crippen LogP contribution in [0, 0.1) is 0 Å². The van der Waals surface area contributed by atoms with Gasteiger partial charge in [-0.25, -0.2) is 0 Å². The Morgan fingerprint density at radius 1 is 0.413 bits per heavy atom. The summed E-state index contributed by atoms with van der Waals surface area (Å²) >= 11 is 0. The lowest BCUT2D eigenvalue weighted by Crippen LogP contribution is -2.16. The van der Waals surface area contributed by atoms with Gasteiger partial charge in [0.15, 0.2) is 0 Å². The Bertz CT molecular complexity index is 2660. The predicted molar refractivity (Wildman–Crippen MR) is 195 cm³/mol. The van der Waals surface area contributed by atoms with Crippen LogP contribution >= 0.6 is 0 Å². The van der Waals surface area contributed by atoms with E-state index in [4.69, 9.17) is 4.42 Å². The molecule has 1 nitrogen and oxygen atoms in total. The molecule has 1 heterocycles. The van der Waals surface area contributed by atoms with E-state index in [1.54, 1.807) is 0 Å². The number of para-hydroxylation sites is 1. The summed E-state index contributed by atoms with van der Waals surface area (Å²) < 4.78 is 6.36. The highest BCUT2D eigenvalue weighted by Crippen LogP contribution is 2.55. The van der Waals surface area contributed by atoms with Gasteiger partial charge in [-0.2, -0.15) is 0 Å².